The van der Waals surface area contributed by atoms with E-state index in [-0.39, 0.29) is 24.2 Å². The molecule has 0 unspecified atom stereocenters. The normalized spacial score (nSPS) is 12.3. The van der Waals surface area contributed by atoms with Gasteiger partial charge in [0.15, 0.2) is 23.0 Å². The molecule has 11 heteroatoms. The van der Waals surface area contributed by atoms with E-state index in [4.69, 9.17) is 10.5 Å². The Labute approximate surface area is 212 Å². The maximum atomic E-state index is 12.5. The molecule has 0 radical (unpaired) electrons. The van der Waals surface area contributed by atoms with Crippen molar-refractivity contribution >= 4 is 17.8 Å². The van der Waals surface area contributed by atoms with Gasteiger partial charge in [0.05, 0.1) is 5.56 Å². The molecule has 0 aliphatic rings. The average Bonchev–Trinajstić information content (AvgIpc) is 2.88. The number of nitrogens with two attached hydrogens (primary N) is 1. The first kappa shape index (κ1) is 26.8. The number of hydrogen-bond acceptors (Lipinski definition) is 9. The lowest BCUT2D eigenvalue weighted by Gasteiger charge is -2.20. The first-order valence-electron chi connectivity index (χ1n) is 11.2. The van der Waals surface area contributed by atoms with E-state index in [1.807, 2.05) is 0 Å². The molecule has 2 atom stereocenters. The lowest BCUT2D eigenvalue weighted by molar-refractivity contribution is -0.124. The predicted molar refractivity (Wildman–Crippen MR) is 132 cm³/mol. The second kappa shape index (κ2) is 11.8. The third-order valence-corrected chi connectivity index (χ3v) is 5.51. The van der Waals surface area contributed by atoms with Crippen molar-refractivity contribution in [2.24, 2.45) is 5.73 Å². The van der Waals surface area contributed by atoms with E-state index in [2.05, 4.69) is 10.6 Å². The Morgan fingerprint density at radius 2 is 1.32 bits per heavy atom. The van der Waals surface area contributed by atoms with Gasteiger partial charge in [-0.2, -0.15) is 0 Å². The molecule has 3 aromatic rings. The molecule has 8 N–H and O–H groups in total. The van der Waals surface area contributed by atoms with Crippen molar-refractivity contribution in [2.45, 2.75) is 32.2 Å². The van der Waals surface area contributed by atoms with E-state index in [1.165, 1.54) is 43.3 Å². The zero-order chi connectivity index (χ0) is 27.1. The van der Waals surface area contributed by atoms with Gasteiger partial charge in [0, 0.05) is 13.1 Å². The summed E-state index contributed by atoms with van der Waals surface area (Å²) >= 11 is 0. The van der Waals surface area contributed by atoms with E-state index < -0.39 is 52.9 Å². The van der Waals surface area contributed by atoms with Crippen molar-refractivity contribution in [3.8, 4) is 23.0 Å². The van der Waals surface area contributed by atoms with Crippen LogP contribution >= 0.6 is 0 Å². The van der Waals surface area contributed by atoms with Gasteiger partial charge in [-0.05, 0) is 42.3 Å². The van der Waals surface area contributed by atoms with Gasteiger partial charge in [0.1, 0.15) is 17.7 Å². The van der Waals surface area contributed by atoms with Crippen molar-refractivity contribution in [1.29, 1.82) is 0 Å². The van der Waals surface area contributed by atoms with Crippen molar-refractivity contribution in [1.82, 2.24) is 10.6 Å². The van der Waals surface area contributed by atoms with Gasteiger partial charge in [-0.15, -0.1) is 0 Å². The van der Waals surface area contributed by atoms with Crippen LogP contribution in [0.25, 0.3) is 0 Å². The summed E-state index contributed by atoms with van der Waals surface area (Å²) in [5.41, 5.74) is 7.03. The minimum absolute atomic E-state index is 0.0634. The van der Waals surface area contributed by atoms with Gasteiger partial charge in [-0.1, -0.05) is 36.4 Å². The van der Waals surface area contributed by atoms with Crippen LogP contribution in [0, 0.1) is 0 Å². The molecule has 0 aromatic heterocycles. The summed E-state index contributed by atoms with van der Waals surface area (Å²) in [6.45, 7) is 1.66. The molecule has 3 aromatic carbocycles. The Balaban J connectivity index is 1.52. The molecule has 0 heterocycles. The summed E-state index contributed by atoms with van der Waals surface area (Å²) in [5, 5.41) is 44.0. The molecule has 0 saturated carbocycles. The molecule has 0 bridgehead atoms. The van der Waals surface area contributed by atoms with Crippen LogP contribution < -0.4 is 16.4 Å². The molecule has 0 aliphatic heterocycles. The van der Waals surface area contributed by atoms with Crippen LogP contribution in [-0.4, -0.2) is 50.4 Å². The standard InChI is InChI=1S/C26H27N3O8/c1-14(37-26(36)18-8-4-10-20(31)23(18)33)21(27)25(35)29-13-16-6-2-5-15(11-16)12-28-24(34)17-7-3-9-19(30)22(17)32/h2-11,14,21,30-33H,12-13,27H2,1H3,(H,28,34)(H,29,35)/t14-,21+/m1/s1. The van der Waals surface area contributed by atoms with E-state index in [9.17, 15) is 34.8 Å². The summed E-state index contributed by atoms with van der Waals surface area (Å²) in [4.78, 5) is 37.1. The number of benzene rings is 3. The van der Waals surface area contributed by atoms with Crippen LogP contribution in [-0.2, 0) is 22.6 Å². The second-order valence-corrected chi connectivity index (χ2v) is 8.20. The third kappa shape index (κ3) is 6.67. The number of hydrogen-bond donors (Lipinski definition) is 7. The number of amides is 2. The molecule has 194 valence electrons. The highest BCUT2D eigenvalue weighted by Crippen LogP contribution is 2.29. The quantitative estimate of drug-likeness (QED) is 0.166. The summed E-state index contributed by atoms with van der Waals surface area (Å²) in [5.74, 6) is -4.12. The van der Waals surface area contributed by atoms with Crippen LogP contribution in [0.1, 0.15) is 38.8 Å². The lowest BCUT2D eigenvalue weighted by Crippen LogP contribution is -2.48. The van der Waals surface area contributed by atoms with Crippen molar-refractivity contribution in [2.75, 3.05) is 0 Å². The van der Waals surface area contributed by atoms with Crippen LogP contribution in [0.15, 0.2) is 60.7 Å². The fourth-order valence-electron chi connectivity index (χ4n) is 3.36. The Hall–Kier alpha value is -4.77. The summed E-state index contributed by atoms with van der Waals surface area (Å²) < 4.78 is 5.16. The number of aromatic hydroxyl groups is 4. The van der Waals surface area contributed by atoms with Crippen LogP contribution in [0.3, 0.4) is 0 Å². The topological polar surface area (TPSA) is 191 Å². The second-order valence-electron chi connectivity index (χ2n) is 8.20. The van der Waals surface area contributed by atoms with Gasteiger partial charge in [0.25, 0.3) is 5.91 Å². The summed E-state index contributed by atoms with van der Waals surface area (Å²) in [6.07, 6.45) is -1.04. The number of nitrogens with one attached hydrogen (secondary N) is 2. The van der Waals surface area contributed by atoms with Crippen molar-refractivity contribution < 1.29 is 39.5 Å². The molecule has 11 nitrogen and oxygen atoms in total. The maximum Gasteiger partial charge on any atom is 0.342 e. The molecular formula is C26H27N3O8. The lowest BCUT2D eigenvalue weighted by atomic mass is 10.1. The fourth-order valence-corrected chi connectivity index (χ4v) is 3.36. The SMILES string of the molecule is C[C@@H](OC(=O)c1cccc(O)c1O)[C@H](N)C(=O)NCc1cccc(CNC(=O)c2cccc(O)c2O)c1. The molecule has 2 amide bonds. The van der Waals surface area contributed by atoms with Gasteiger partial charge >= 0.3 is 5.97 Å². The zero-order valence-corrected chi connectivity index (χ0v) is 19.8. The van der Waals surface area contributed by atoms with Crippen molar-refractivity contribution in [3.63, 3.8) is 0 Å². The number of esters is 1. The minimum Gasteiger partial charge on any atom is -0.504 e. The van der Waals surface area contributed by atoms with E-state index in [0.717, 1.165) is 5.56 Å². The molecule has 0 saturated heterocycles. The number of carbonyl (C=O) groups excluding carboxylic acids is 3. The highest BCUT2D eigenvalue weighted by molar-refractivity contribution is 5.97. The average molecular weight is 510 g/mol. The monoisotopic (exact) mass is 509 g/mol. The zero-order valence-electron chi connectivity index (χ0n) is 19.8. The molecule has 3 rings (SSSR count). The van der Waals surface area contributed by atoms with Gasteiger partial charge < -0.3 is 41.5 Å². The van der Waals surface area contributed by atoms with Crippen molar-refractivity contribution in [3.05, 3.63) is 82.9 Å². The van der Waals surface area contributed by atoms with Gasteiger partial charge in [0.2, 0.25) is 5.91 Å². The minimum atomic E-state index is -1.21. The number of phenolic OH excluding ortho intramolecular Hbond substituents is 4. The Kier molecular flexibility index (Phi) is 8.54. The van der Waals surface area contributed by atoms with E-state index in [1.54, 1.807) is 24.3 Å². The molecule has 0 aliphatic carbocycles. The Morgan fingerprint density at radius 3 is 1.95 bits per heavy atom. The summed E-state index contributed by atoms with van der Waals surface area (Å²) in [6, 6.07) is 13.7. The smallest absolute Gasteiger partial charge is 0.342 e. The predicted octanol–water partition coefficient (Wildman–Crippen LogP) is 1.63. The highest BCUT2D eigenvalue weighted by Gasteiger charge is 2.26. The largest absolute Gasteiger partial charge is 0.504 e. The van der Waals surface area contributed by atoms with Crippen LogP contribution in [0.2, 0.25) is 0 Å². The number of rotatable bonds is 9. The summed E-state index contributed by atoms with van der Waals surface area (Å²) in [7, 11) is 0. The highest BCUT2D eigenvalue weighted by atomic mass is 16.5. The number of carbonyl (C=O) groups is 3. The fraction of sp³-hybridized carbons (Fsp3) is 0.192. The number of ether oxygens (including phenoxy) is 1. The third-order valence-electron chi connectivity index (χ3n) is 5.51. The van der Waals surface area contributed by atoms with Gasteiger partial charge in [-0.3, -0.25) is 9.59 Å². The number of para-hydroxylation sites is 2. The molecular weight excluding hydrogens is 482 g/mol. The van der Waals surface area contributed by atoms with Gasteiger partial charge in [-0.25, -0.2) is 4.79 Å². The number of phenols is 4. The van der Waals surface area contributed by atoms with Crippen LogP contribution in [0.5, 0.6) is 23.0 Å². The first-order chi connectivity index (χ1) is 17.6. The maximum absolute atomic E-state index is 12.5. The Morgan fingerprint density at radius 1 is 0.811 bits per heavy atom. The van der Waals surface area contributed by atoms with Crippen LogP contribution in [0.4, 0.5) is 0 Å². The first-order valence-corrected chi connectivity index (χ1v) is 11.2. The molecule has 0 spiro atoms. The molecule has 37 heavy (non-hydrogen) atoms. The van der Waals surface area contributed by atoms with E-state index in [0.29, 0.717) is 5.56 Å². The van der Waals surface area contributed by atoms with E-state index >= 15 is 0 Å². The Bertz CT molecular complexity index is 1310. The molecule has 0 fully saturated rings.